The average Bonchev–Trinajstić information content (AvgIpc) is 2.15. The van der Waals surface area contributed by atoms with E-state index in [2.05, 4.69) is 4.74 Å². The molecule has 1 fully saturated rings. The highest BCUT2D eigenvalue weighted by atomic mass is 19.3. The predicted octanol–water partition coefficient (Wildman–Crippen LogP) is 0.250. The molecule has 15 heavy (non-hydrogen) atoms. The number of aliphatic hydroxyl groups excluding tert-OH is 1. The maximum Gasteiger partial charge on any atom is 0.290 e. The molecule has 1 rings (SSSR count). The molecule has 6 heteroatoms. The molecule has 1 aliphatic rings. The second-order valence-corrected chi connectivity index (χ2v) is 3.71. The van der Waals surface area contributed by atoms with Crippen molar-refractivity contribution in [2.24, 2.45) is 0 Å². The third kappa shape index (κ3) is 2.63. The molecule has 0 spiro atoms. The van der Waals surface area contributed by atoms with Crippen molar-refractivity contribution < 1.29 is 23.4 Å². The summed E-state index contributed by atoms with van der Waals surface area (Å²) in [4.78, 5) is 12.3. The van der Waals surface area contributed by atoms with E-state index in [9.17, 15) is 13.6 Å². The maximum atomic E-state index is 13.3. The van der Waals surface area contributed by atoms with Gasteiger partial charge < -0.3 is 14.7 Å². The van der Waals surface area contributed by atoms with Gasteiger partial charge in [0.1, 0.15) is 12.2 Å². The first-order chi connectivity index (χ1) is 6.88. The molecular weight excluding hydrogens is 208 g/mol. The Balaban J connectivity index is 2.66. The largest absolute Gasteiger partial charge is 0.384 e. The Morgan fingerprint density at radius 1 is 1.67 bits per heavy atom. The number of alkyl halides is 2. The minimum atomic E-state index is -3.04. The molecule has 0 aliphatic carbocycles. The van der Waals surface area contributed by atoms with Crippen molar-refractivity contribution in [1.82, 2.24) is 4.90 Å². The molecule has 0 bridgehead atoms. The summed E-state index contributed by atoms with van der Waals surface area (Å²) < 4.78 is 31.3. The minimum Gasteiger partial charge on any atom is -0.384 e. The van der Waals surface area contributed by atoms with Gasteiger partial charge in [0.25, 0.3) is 11.8 Å². The van der Waals surface area contributed by atoms with Crippen LogP contribution in [0, 0.1) is 0 Å². The zero-order valence-corrected chi connectivity index (χ0v) is 8.74. The van der Waals surface area contributed by atoms with Crippen LogP contribution < -0.4 is 0 Å². The monoisotopic (exact) mass is 223 g/mol. The molecule has 1 saturated heterocycles. The van der Waals surface area contributed by atoms with E-state index < -0.39 is 30.6 Å². The normalized spacial score (nSPS) is 27.5. The van der Waals surface area contributed by atoms with E-state index in [-0.39, 0.29) is 13.0 Å². The summed E-state index contributed by atoms with van der Waals surface area (Å²) in [5.74, 6) is -3.71. The van der Waals surface area contributed by atoms with Crippen LogP contribution in [0.25, 0.3) is 0 Å². The second-order valence-electron chi connectivity index (χ2n) is 3.71. The summed E-state index contributed by atoms with van der Waals surface area (Å²) in [6, 6.07) is 0. The van der Waals surface area contributed by atoms with Gasteiger partial charge in [0.15, 0.2) is 0 Å². The van der Waals surface area contributed by atoms with Gasteiger partial charge in [-0.3, -0.25) is 4.79 Å². The molecule has 88 valence electrons. The van der Waals surface area contributed by atoms with Crippen LogP contribution >= 0.6 is 0 Å². The van der Waals surface area contributed by atoms with E-state index in [0.29, 0.717) is 0 Å². The molecule has 1 heterocycles. The third-order valence-corrected chi connectivity index (χ3v) is 2.49. The van der Waals surface area contributed by atoms with E-state index in [1.54, 1.807) is 0 Å². The van der Waals surface area contributed by atoms with Crippen LogP contribution in [-0.4, -0.2) is 54.2 Å². The highest BCUT2D eigenvalue weighted by Gasteiger charge is 2.46. The van der Waals surface area contributed by atoms with Gasteiger partial charge in [-0.15, -0.1) is 0 Å². The molecule has 0 aromatic carbocycles. The fourth-order valence-electron chi connectivity index (χ4n) is 1.66. The van der Waals surface area contributed by atoms with Crippen LogP contribution in [-0.2, 0) is 9.53 Å². The number of hydrogen-bond donors (Lipinski definition) is 1. The van der Waals surface area contributed by atoms with Gasteiger partial charge in [-0.25, -0.2) is 8.78 Å². The van der Waals surface area contributed by atoms with Crippen LogP contribution in [0.4, 0.5) is 8.78 Å². The van der Waals surface area contributed by atoms with Crippen LogP contribution in [0.5, 0.6) is 0 Å². The van der Waals surface area contributed by atoms with Gasteiger partial charge >= 0.3 is 0 Å². The Hall–Kier alpha value is -0.750. The fraction of sp³-hybridized carbons (Fsp3) is 0.889. The third-order valence-electron chi connectivity index (χ3n) is 2.49. The van der Waals surface area contributed by atoms with Gasteiger partial charge in [-0.1, -0.05) is 0 Å². The predicted molar refractivity (Wildman–Crippen MR) is 48.6 cm³/mol. The number of aliphatic hydroxyl groups is 1. The summed E-state index contributed by atoms with van der Waals surface area (Å²) in [5.41, 5.74) is 0. The van der Waals surface area contributed by atoms with Crippen molar-refractivity contribution in [3.05, 3.63) is 0 Å². The van der Waals surface area contributed by atoms with Crippen molar-refractivity contribution >= 4 is 5.91 Å². The van der Waals surface area contributed by atoms with Crippen LogP contribution in [0.2, 0.25) is 0 Å². The first-order valence-electron chi connectivity index (χ1n) is 4.76. The van der Waals surface area contributed by atoms with E-state index in [1.807, 2.05) is 0 Å². The van der Waals surface area contributed by atoms with Gasteiger partial charge in [0.05, 0.1) is 6.54 Å². The van der Waals surface area contributed by atoms with Crippen molar-refractivity contribution in [2.45, 2.75) is 31.5 Å². The summed E-state index contributed by atoms with van der Waals surface area (Å²) in [7, 11) is 1.23. The van der Waals surface area contributed by atoms with E-state index in [0.717, 1.165) is 4.90 Å². The molecule has 0 unspecified atom stereocenters. The summed E-state index contributed by atoms with van der Waals surface area (Å²) >= 11 is 0. The number of likely N-dealkylation sites (tertiary alicyclic amines) is 1. The van der Waals surface area contributed by atoms with Crippen LogP contribution in [0.1, 0.15) is 13.3 Å². The number of rotatable bonds is 2. The average molecular weight is 223 g/mol. The molecule has 0 aromatic rings. The number of amides is 1. The quantitative estimate of drug-likeness (QED) is 0.730. The van der Waals surface area contributed by atoms with Crippen molar-refractivity contribution in [2.75, 3.05) is 20.2 Å². The lowest BCUT2D eigenvalue weighted by atomic mass is 10.0. The van der Waals surface area contributed by atoms with Gasteiger partial charge in [-0.05, 0) is 13.3 Å². The van der Waals surface area contributed by atoms with Crippen molar-refractivity contribution in [3.63, 3.8) is 0 Å². The zero-order chi connectivity index (χ0) is 11.6. The lowest BCUT2D eigenvalue weighted by Crippen LogP contribution is -2.55. The summed E-state index contributed by atoms with van der Waals surface area (Å²) in [6.07, 6.45) is -2.29. The number of methoxy groups -OCH3 is 1. The molecule has 0 aromatic heterocycles. The number of piperidine rings is 1. The van der Waals surface area contributed by atoms with Crippen molar-refractivity contribution in [3.8, 4) is 0 Å². The lowest BCUT2D eigenvalue weighted by Gasteiger charge is -2.37. The van der Waals surface area contributed by atoms with Crippen LogP contribution in [0.15, 0.2) is 0 Å². The molecule has 0 radical (unpaired) electrons. The number of nitrogens with zero attached hydrogens (tertiary/aromatic N) is 1. The molecular formula is C9H15F2NO3. The highest BCUT2D eigenvalue weighted by molar-refractivity contribution is 5.80. The minimum absolute atomic E-state index is 0.0853. The van der Waals surface area contributed by atoms with E-state index in [1.165, 1.54) is 14.0 Å². The summed E-state index contributed by atoms with van der Waals surface area (Å²) in [5, 5.41) is 9.00. The second kappa shape index (κ2) is 4.40. The Kier molecular flexibility index (Phi) is 3.62. The Morgan fingerprint density at radius 3 is 2.67 bits per heavy atom. The van der Waals surface area contributed by atoms with Crippen molar-refractivity contribution in [1.29, 1.82) is 0 Å². The number of halogens is 2. The maximum absolute atomic E-state index is 13.3. The zero-order valence-electron chi connectivity index (χ0n) is 8.74. The van der Waals surface area contributed by atoms with Gasteiger partial charge in [0, 0.05) is 13.7 Å². The molecule has 4 nitrogen and oxygen atoms in total. The Labute approximate surface area is 86.8 Å². The topological polar surface area (TPSA) is 49.8 Å². The fourth-order valence-corrected chi connectivity index (χ4v) is 1.66. The SMILES string of the molecule is CO[C@H]1CCN(C(=O)[C@H](C)O)CC1(F)F. The summed E-state index contributed by atoms with van der Waals surface area (Å²) in [6.45, 7) is 0.774. The number of ether oxygens (including phenoxy) is 1. The first-order valence-corrected chi connectivity index (χ1v) is 4.76. The smallest absolute Gasteiger partial charge is 0.290 e. The standard InChI is InChI=1S/C9H15F2NO3/c1-6(13)8(14)12-4-3-7(15-2)9(10,11)5-12/h6-7,13H,3-5H2,1-2H3/t6-,7-/m0/s1. The van der Waals surface area contributed by atoms with Gasteiger partial charge in [-0.2, -0.15) is 0 Å². The Morgan fingerprint density at radius 2 is 2.27 bits per heavy atom. The molecule has 1 aliphatic heterocycles. The van der Waals surface area contributed by atoms with Gasteiger partial charge in [0.2, 0.25) is 0 Å². The molecule has 1 N–H and O–H groups in total. The lowest BCUT2D eigenvalue weighted by molar-refractivity contribution is -0.176. The molecule has 1 amide bonds. The highest BCUT2D eigenvalue weighted by Crippen LogP contribution is 2.29. The molecule has 2 atom stereocenters. The first kappa shape index (κ1) is 12.3. The molecule has 0 saturated carbocycles. The number of hydrogen-bond acceptors (Lipinski definition) is 3. The van der Waals surface area contributed by atoms with Crippen LogP contribution in [0.3, 0.4) is 0 Å². The Bertz CT molecular complexity index is 246. The number of carbonyl (C=O) groups excluding carboxylic acids is 1. The van der Waals surface area contributed by atoms with E-state index >= 15 is 0 Å². The number of carbonyl (C=O) groups is 1. The van der Waals surface area contributed by atoms with E-state index in [4.69, 9.17) is 5.11 Å².